The Labute approximate surface area is 94.8 Å². The lowest BCUT2D eigenvalue weighted by Crippen LogP contribution is -1.86. The van der Waals surface area contributed by atoms with Crippen LogP contribution in [0.5, 0.6) is 0 Å². The molecule has 15 heavy (non-hydrogen) atoms. The van der Waals surface area contributed by atoms with Crippen molar-refractivity contribution in [3.05, 3.63) is 34.9 Å². The summed E-state index contributed by atoms with van der Waals surface area (Å²) in [6.45, 7) is 0. The number of alkyl halides is 1. The van der Waals surface area contributed by atoms with E-state index in [1.54, 1.807) is 6.07 Å². The van der Waals surface area contributed by atoms with Crippen molar-refractivity contribution in [2.45, 2.75) is 5.88 Å². The van der Waals surface area contributed by atoms with Crippen LogP contribution in [-0.2, 0) is 5.88 Å². The molecule has 1 aromatic carbocycles. The second-order valence-corrected chi connectivity index (χ2v) is 3.47. The number of hydrogen-bond donors (Lipinski definition) is 0. The van der Waals surface area contributed by atoms with Crippen molar-refractivity contribution in [1.29, 1.82) is 0 Å². The Bertz CT molecular complexity index is 487. The smallest absolute Gasteiger partial charge is 0.241 e. The van der Waals surface area contributed by atoms with Crippen LogP contribution >= 0.6 is 23.2 Å². The van der Waals surface area contributed by atoms with Crippen LogP contribution in [0.25, 0.3) is 11.4 Å². The van der Waals surface area contributed by atoms with Gasteiger partial charge in [-0.1, -0.05) is 16.8 Å². The number of hydrogen-bond acceptors (Lipinski definition) is 3. The number of rotatable bonds is 2. The minimum absolute atomic E-state index is 0.0994. The van der Waals surface area contributed by atoms with Crippen LogP contribution in [0.1, 0.15) is 5.89 Å². The first-order chi connectivity index (χ1) is 7.20. The first kappa shape index (κ1) is 10.4. The molecule has 0 aliphatic rings. The predicted molar refractivity (Wildman–Crippen MR) is 54.3 cm³/mol. The van der Waals surface area contributed by atoms with Crippen molar-refractivity contribution >= 4 is 23.2 Å². The molecular weight excluding hydrogens is 242 g/mol. The molecule has 0 bridgehead atoms. The first-order valence-corrected chi connectivity index (χ1v) is 4.96. The zero-order valence-electron chi connectivity index (χ0n) is 7.38. The van der Waals surface area contributed by atoms with Crippen molar-refractivity contribution in [1.82, 2.24) is 10.1 Å². The molecule has 3 nitrogen and oxygen atoms in total. The van der Waals surface area contributed by atoms with Gasteiger partial charge < -0.3 is 4.52 Å². The summed E-state index contributed by atoms with van der Waals surface area (Å²) in [6.07, 6.45) is 0. The SMILES string of the molecule is Fc1cc(Cl)ccc1-c1noc(CCl)n1. The van der Waals surface area contributed by atoms with Gasteiger partial charge >= 0.3 is 0 Å². The van der Waals surface area contributed by atoms with Crippen molar-refractivity contribution in [2.75, 3.05) is 0 Å². The van der Waals surface area contributed by atoms with Gasteiger partial charge in [0, 0.05) is 5.02 Å². The molecule has 0 spiro atoms. The van der Waals surface area contributed by atoms with Crippen LogP contribution < -0.4 is 0 Å². The van der Waals surface area contributed by atoms with Gasteiger partial charge in [-0.15, -0.1) is 11.6 Å². The van der Waals surface area contributed by atoms with E-state index < -0.39 is 5.82 Å². The summed E-state index contributed by atoms with van der Waals surface area (Å²) in [4.78, 5) is 3.90. The van der Waals surface area contributed by atoms with Gasteiger partial charge in [0.25, 0.3) is 0 Å². The van der Waals surface area contributed by atoms with E-state index in [0.29, 0.717) is 5.02 Å². The van der Waals surface area contributed by atoms with Gasteiger partial charge in [0.1, 0.15) is 11.7 Å². The molecule has 2 aromatic rings. The monoisotopic (exact) mass is 246 g/mol. The highest BCUT2D eigenvalue weighted by Gasteiger charge is 2.12. The van der Waals surface area contributed by atoms with E-state index in [4.69, 9.17) is 27.7 Å². The van der Waals surface area contributed by atoms with E-state index in [0.717, 1.165) is 0 Å². The van der Waals surface area contributed by atoms with E-state index in [2.05, 4.69) is 10.1 Å². The van der Waals surface area contributed by atoms with Crippen LogP contribution in [0, 0.1) is 5.82 Å². The number of aromatic nitrogens is 2. The molecule has 78 valence electrons. The van der Waals surface area contributed by atoms with Crippen molar-refractivity contribution < 1.29 is 8.91 Å². The Morgan fingerprint density at radius 3 is 2.80 bits per heavy atom. The maximum atomic E-state index is 13.4. The molecule has 0 amide bonds. The molecule has 0 radical (unpaired) electrons. The fourth-order valence-electron chi connectivity index (χ4n) is 1.09. The largest absolute Gasteiger partial charge is 0.338 e. The molecule has 0 aliphatic heterocycles. The average Bonchev–Trinajstić information content (AvgIpc) is 2.66. The molecule has 1 aromatic heterocycles. The zero-order valence-corrected chi connectivity index (χ0v) is 8.89. The lowest BCUT2D eigenvalue weighted by atomic mass is 10.2. The molecular formula is C9H5Cl2FN2O. The third kappa shape index (κ3) is 2.11. The Balaban J connectivity index is 2.44. The Hall–Kier alpha value is -1.13. The minimum Gasteiger partial charge on any atom is -0.338 e. The van der Waals surface area contributed by atoms with E-state index >= 15 is 0 Å². The summed E-state index contributed by atoms with van der Waals surface area (Å²) in [5.41, 5.74) is 0.236. The highest BCUT2D eigenvalue weighted by Crippen LogP contribution is 2.23. The third-order valence-electron chi connectivity index (χ3n) is 1.75. The van der Waals surface area contributed by atoms with Gasteiger partial charge in [0.2, 0.25) is 11.7 Å². The summed E-state index contributed by atoms with van der Waals surface area (Å²) in [7, 11) is 0. The van der Waals surface area contributed by atoms with Crippen LogP contribution in [0.2, 0.25) is 5.02 Å². The average molecular weight is 247 g/mol. The molecule has 2 rings (SSSR count). The van der Waals surface area contributed by atoms with Crippen molar-refractivity contribution in [3.8, 4) is 11.4 Å². The number of nitrogens with zero attached hydrogens (tertiary/aromatic N) is 2. The van der Waals surface area contributed by atoms with Crippen LogP contribution in [0.3, 0.4) is 0 Å². The zero-order chi connectivity index (χ0) is 10.8. The van der Waals surface area contributed by atoms with E-state index in [9.17, 15) is 4.39 Å². The van der Waals surface area contributed by atoms with Gasteiger partial charge in [-0.05, 0) is 18.2 Å². The summed E-state index contributed by atoms with van der Waals surface area (Å²) in [5.74, 6) is 0.0209. The van der Waals surface area contributed by atoms with Crippen molar-refractivity contribution in [3.63, 3.8) is 0 Å². The van der Waals surface area contributed by atoms with Gasteiger partial charge in [0.15, 0.2) is 0 Å². The number of benzene rings is 1. The lowest BCUT2D eigenvalue weighted by molar-refractivity contribution is 0.390. The predicted octanol–water partition coefficient (Wildman–Crippen LogP) is 3.27. The van der Waals surface area contributed by atoms with Crippen LogP contribution in [0.4, 0.5) is 4.39 Å². The molecule has 0 saturated carbocycles. The van der Waals surface area contributed by atoms with Crippen molar-refractivity contribution in [2.24, 2.45) is 0 Å². The second kappa shape index (κ2) is 4.16. The maximum Gasteiger partial charge on any atom is 0.241 e. The van der Waals surface area contributed by atoms with E-state index in [1.165, 1.54) is 12.1 Å². The third-order valence-corrected chi connectivity index (χ3v) is 2.22. The molecule has 0 unspecified atom stereocenters. The molecule has 0 atom stereocenters. The summed E-state index contributed by atoms with van der Waals surface area (Å²) in [5, 5.41) is 3.91. The topological polar surface area (TPSA) is 38.9 Å². The number of halogens is 3. The van der Waals surface area contributed by atoms with E-state index in [-0.39, 0.29) is 23.2 Å². The fourth-order valence-corrected chi connectivity index (χ4v) is 1.36. The van der Waals surface area contributed by atoms with Gasteiger partial charge in [-0.2, -0.15) is 4.98 Å². The molecule has 0 saturated heterocycles. The van der Waals surface area contributed by atoms with Gasteiger partial charge in [-0.25, -0.2) is 4.39 Å². The summed E-state index contributed by atoms with van der Waals surface area (Å²) < 4.78 is 18.2. The minimum atomic E-state index is -0.496. The molecule has 0 fully saturated rings. The fraction of sp³-hybridized carbons (Fsp3) is 0.111. The molecule has 0 N–H and O–H groups in total. The second-order valence-electron chi connectivity index (χ2n) is 2.77. The Morgan fingerprint density at radius 2 is 2.20 bits per heavy atom. The van der Waals surface area contributed by atoms with Gasteiger partial charge in [-0.3, -0.25) is 0 Å². The van der Waals surface area contributed by atoms with E-state index in [1.807, 2.05) is 0 Å². The van der Waals surface area contributed by atoms with Gasteiger partial charge in [0.05, 0.1) is 5.56 Å². The highest BCUT2D eigenvalue weighted by molar-refractivity contribution is 6.30. The normalized spacial score (nSPS) is 10.6. The summed E-state index contributed by atoms with van der Waals surface area (Å²) in [6, 6.07) is 4.23. The Morgan fingerprint density at radius 1 is 1.40 bits per heavy atom. The molecule has 0 aliphatic carbocycles. The van der Waals surface area contributed by atoms with Crippen LogP contribution in [-0.4, -0.2) is 10.1 Å². The lowest BCUT2D eigenvalue weighted by Gasteiger charge is -1.96. The quantitative estimate of drug-likeness (QED) is 0.764. The highest BCUT2D eigenvalue weighted by atomic mass is 35.5. The standard InChI is InChI=1S/C9H5Cl2FN2O/c10-4-8-13-9(14-15-8)6-2-1-5(11)3-7(6)12/h1-3H,4H2. The molecule has 6 heteroatoms. The summed E-state index contributed by atoms with van der Waals surface area (Å²) >= 11 is 11.1. The maximum absolute atomic E-state index is 13.4. The first-order valence-electron chi connectivity index (χ1n) is 4.04. The molecule has 1 heterocycles. The van der Waals surface area contributed by atoms with Crippen LogP contribution in [0.15, 0.2) is 22.7 Å². The Kier molecular flexibility index (Phi) is 2.88.